The van der Waals surface area contributed by atoms with Gasteiger partial charge in [-0.25, -0.2) is 9.50 Å². The smallest absolute Gasteiger partial charge is 0.276 e. The molecule has 0 atom stereocenters. The summed E-state index contributed by atoms with van der Waals surface area (Å²) < 4.78 is 10.6. The summed E-state index contributed by atoms with van der Waals surface area (Å²) >= 11 is 0. The molecule has 34 heavy (non-hydrogen) atoms. The van der Waals surface area contributed by atoms with Crippen LogP contribution in [0.4, 0.5) is 5.69 Å². The van der Waals surface area contributed by atoms with Crippen molar-refractivity contribution in [3.63, 3.8) is 0 Å². The highest BCUT2D eigenvalue weighted by Gasteiger charge is 2.17. The summed E-state index contributed by atoms with van der Waals surface area (Å²) in [7, 11) is 1.64. The Balaban J connectivity index is 1.36. The van der Waals surface area contributed by atoms with Gasteiger partial charge in [-0.15, -0.1) is 0 Å². The molecular weight excluding hydrogens is 432 g/mol. The molecule has 4 heterocycles. The number of methoxy groups -OCH3 is 1. The van der Waals surface area contributed by atoms with Gasteiger partial charge in [0.2, 0.25) is 0 Å². The Kier molecular flexibility index (Phi) is 5.54. The van der Waals surface area contributed by atoms with Crippen molar-refractivity contribution in [3.05, 3.63) is 78.1 Å². The fourth-order valence-corrected chi connectivity index (χ4v) is 3.89. The van der Waals surface area contributed by atoms with Crippen molar-refractivity contribution in [1.82, 2.24) is 34.2 Å². The summed E-state index contributed by atoms with van der Waals surface area (Å²) in [5.74, 6) is 0.452. The van der Waals surface area contributed by atoms with E-state index in [-0.39, 0.29) is 11.6 Å². The maximum atomic E-state index is 12.9. The lowest BCUT2D eigenvalue weighted by Crippen LogP contribution is -2.12. The van der Waals surface area contributed by atoms with E-state index >= 15 is 0 Å². The predicted octanol–water partition coefficient (Wildman–Crippen LogP) is 3.43. The molecule has 0 spiro atoms. The van der Waals surface area contributed by atoms with Crippen LogP contribution in [0, 0.1) is 6.92 Å². The van der Waals surface area contributed by atoms with E-state index in [2.05, 4.69) is 25.6 Å². The molecule has 4 aromatic heterocycles. The van der Waals surface area contributed by atoms with Gasteiger partial charge in [-0.2, -0.15) is 15.3 Å². The number of carbonyl (C=O) groups is 1. The Hall–Kier alpha value is -4.47. The van der Waals surface area contributed by atoms with Crippen molar-refractivity contribution in [3.8, 4) is 17.0 Å². The number of nitrogens with zero attached hydrogens (tertiary/aromatic N) is 7. The van der Waals surface area contributed by atoms with Gasteiger partial charge in [0, 0.05) is 36.3 Å². The molecule has 0 aliphatic carbocycles. The number of fused-ring (bicyclic) bond motifs is 1. The molecule has 0 saturated heterocycles. The fourth-order valence-electron chi connectivity index (χ4n) is 3.89. The lowest BCUT2D eigenvalue weighted by molar-refractivity contribution is 0.102. The summed E-state index contributed by atoms with van der Waals surface area (Å²) in [4.78, 5) is 17.3. The van der Waals surface area contributed by atoms with Crippen LogP contribution in [-0.4, -0.2) is 47.2 Å². The summed E-state index contributed by atoms with van der Waals surface area (Å²) in [5, 5.41) is 16.1. The molecule has 0 saturated carbocycles. The third-order valence-corrected chi connectivity index (χ3v) is 5.64. The van der Waals surface area contributed by atoms with Gasteiger partial charge < -0.3 is 10.1 Å². The first kappa shape index (κ1) is 21.4. The molecule has 0 aliphatic heterocycles. The number of hydrogen-bond acceptors (Lipinski definition) is 6. The summed E-state index contributed by atoms with van der Waals surface area (Å²) in [6.45, 7) is 5.39. The van der Waals surface area contributed by atoms with E-state index in [0.717, 1.165) is 34.8 Å². The van der Waals surface area contributed by atoms with Gasteiger partial charge in [-0.05, 0) is 37.6 Å². The fraction of sp³-hybridized carbons (Fsp3) is 0.208. The molecule has 5 aromatic rings. The Morgan fingerprint density at radius 3 is 2.82 bits per heavy atom. The van der Waals surface area contributed by atoms with Crippen molar-refractivity contribution < 1.29 is 9.53 Å². The molecule has 0 radical (unpaired) electrons. The lowest BCUT2D eigenvalue weighted by Gasteiger charge is -2.05. The Morgan fingerprint density at radius 1 is 1.15 bits per heavy atom. The van der Waals surface area contributed by atoms with Gasteiger partial charge in [0.05, 0.1) is 37.4 Å². The summed E-state index contributed by atoms with van der Waals surface area (Å²) in [6, 6.07) is 11.3. The maximum Gasteiger partial charge on any atom is 0.276 e. The second kappa shape index (κ2) is 8.81. The molecule has 0 unspecified atom stereocenters. The molecular formula is C24H24N8O2. The van der Waals surface area contributed by atoms with E-state index in [4.69, 9.17) is 4.74 Å². The number of aryl methyl sites for hydroxylation is 1. The molecule has 0 bridgehead atoms. The summed E-state index contributed by atoms with van der Waals surface area (Å²) in [6.07, 6.45) is 6.91. The van der Waals surface area contributed by atoms with Gasteiger partial charge in [-0.3, -0.25) is 14.2 Å². The average molecular weight is 457 g/mol. The minimum atomic E-state index is -0.335. The van der Waals surface area contributed by atoms with E-state index in [1.807, 2.05) is 55.1 Å². The molecule has 0 fully saturated rings. The molecule has 1 amide bonds. The van der Waals surface area contributed by atoms with Crippen LogP contribution in [-0.2, 0) is 13.1 Å². The first-order valence-corrected chi connectivity index (χ1v) is 10.9. The molecule has 10 nitrogen and oxygen atoms in total. The number of aromatic nitrogens is 7. The topological polar surface area (TPSA) is 104 Å². The molecule has 172 valence electrons. The van der Waals surface area contributed by atoms with Crippen molar-refractivity contribution >= 4 is 17.2 Å². The predicted molar refractivity (Wildman–Crippen MR) is 127 cm³/mol. The molecule has 0 aliphatic rings. The number of rotatable bonds is 7. The second-order valence-corrected chi connectivity index (χ2v) is 7.82. The highest BCUT2D eigenvalue weighted by atomic mass is 16.5. The Labute approximate surface area is 195 Å². The van der Waals surface area contributed by atoms with Crippen LogP contribution in [0.15, 0.2) is 61.2 Å². The van der Waals surface area contributed by atoms with Crippen LogP contribution in [0.3, 0.4) is 0 Å². The average Bonchev–Trinajstić information content (AvgIpc) is 3.57. The minimum absolute atomic E-state index is 0.265. The number of nitrogens with one attached hydrogen (secondary N) is 1. The second-order valence-electron chi connectivity index (χ2n) is 7.82. The maximum absolute atomic E-state index is 12.9. The van der Waals surface area contributed by atoms with E-state index in [9.17, 15) is 4.79 Å². The number of amides is 1. The quantitative estimate of drug-likeness (QED) is 0.402. The van der Waals surface area contributed by atoms with Crippen molar-refractivity contribution in [2.75, 3.05) is 12.4 Å². The SMILES string of the molecule is CCn1ncc(-c2ccnc3cc(C(=O)Nc4cnn(Cc5cccc(OC)c5)c4)nn23)c1C. The van der Waals surface area contributed by atoms with Crippen LogP contribution in [0.1, 0.15) is 28.7 Å². The number of anilines is 1. The monoisotopic (exact) mass is 456 g/mol. The molecule has 1 N–H and O–H groups in total. The van der Waals surface area contributed by atoms with E-state index in [0.29, 0.717) is 17.9 Å². The number of benzene rings is 1. The van der Waals surface area contributed by atoms with Gasteiger partial charge in [0.15, 0.2) is 11.3 Å². The zero-order valence-electron chi connectivity index (χ0n) is 19.1. The molecule has 1 aromatic carbocycles. The van der Waals surface area contributed by atoms with Crippen LogP contribution in [0.5, 0.6) is 5.75 Å². The van der Waals surface area contributed by atoms with E-state index in [1.54, 1.807) is 41.0 Å². The highest BCUT2D eigenvalue weighted by molar-refractivity contribution is 6.03. The minimum Gasteiger partial charge on any atom is -0.497 e. The summed E-state index contributed by atoms with van der Waals surface area (Å²) in [5.41, 5.74) is 5.27. The van der Waals surface area contributed by atoms with Crippen molar-refractivity contribution in [2.24, 2.45) is 0 Å². The van der Waals surface area contributed by atoms with Crippen LogP contribution >= 0.6 is 0 Å². The Bertz CT molecular complexity index is 1480. The number of ether oxygens (including phenoxy) is 1. The van der Waals surface area contributed by atoms with E-state index in [1.165, 1.54) is 0 Å². The van der Waals surface area contributed by atoms with Gasteiger partial charge in [0.25, 0.3) is 5.91 Å². The normalized spacial score (nSPS) is 11.1. The van der Waals surface area contributed by atoms with Crippen LogP contribution < -0.4 is 10.1 Å². The Morgan fingerprint density at radius 2 is 2.03 bits per heavy atom. The lowest BCUT2D eigenvalue weighted by atomic mass is 10.2. The zero-order valence-corrected chi connectivity index (χ0v) is 19.1. The molecule has 5 rings (SSSR count). The van der Waals surface area contributed by atoms with Crippen LogP contribution in [0.2, 0.25) is 0 Å². The van der Waals surface area contributed by atoms with E-state index < -0.39 is 0 Å². The van der Waals surface area contributed by atoms with Crippen molar-refractivity contribution in [2.45, 2.75) is 26.9 Å². The highest BCUT2D eigenvalue weighted by Crippen LogP contribution is 2.24. The zero-order chi connectivity index (χ0) is 23.7. The number of hydrogen-bond donors (Lipinski definition) is 1. The van der Waals surface area contributed by atoms with Crippen molar-refractivity contribution in [1.29, 1.82) is 0 Å². The first-order chi connectivity index (χ1) is 16.6. The van der Waals surface area contributed by atoms with Crippen LogP contribution in [0.25, 0.3) is 16.9 Å². The third-order valence-electron chi connectivity index (χ3n) is 5.64. The molecule has 10 heteroatoms. The standard InChI is InChI=1S/C24H24N8O2/c1-4-31-16(2)20(13-27-31)22-8-9-25-23-11-21(29-32(22)23)24(33)28-18-12-26-30(15-18)14-17-6-5-7-19(10-17)34-3/h5-13,15H,4,14H2,1-3H3,(H,28,33). The number of carbonyl (C=O) groups excluding carboxylic acids is 1. The van der Waals surface area contributed by atoms with Gasteiger partial charge >= 0.3 is 0 Å². The van der Waals surface area contributed by atoms with Gasteiger partial charge in [-0.1, -0.05) is 12.1 Å². The first-order valence-electron chi connectivity index (χ1n) is 10.9. The van der Waals surface area contributed by atoms with Gasteiger partial charge in [0.1, 0.15) is 5.75 Å². The largest absolute Gasteiger partial charge is 0.497 e. The third kappa shape index (κ3) is 4.01.